The highest BCUT2D eigenvalue weighted by molar-refractivity contribution is 14.1. The molecular weight excluding hydrogens is 638 g/mol. The molecule has 1 saturated heterocycles. The van der Waals surface area contributed by atoms with E-state index in [9.17, 15) is 19.5 Å². The van der Waals surface area contributed by atoms with Crippen molar-refractivity contribution in [3.63, 3.8) is 0 Å². The smallest absolute Gasteiger partial charge is 0.294 e. The quantitative estimate of drug-likeness (QED) is 0.381. The van der Waals surface area contributed by atoms with Crippen LogP contribution in [-0.2, 0) is 9.59 Å². The summed E-state index contributed by atoms with van der Waals surface area (Å²) < 4.78 is 11.7. The third-order valence-electron chi connectivity index (χ3n) is 4.17. The van der Waals surface area contributed by atoms with Crippen LogP contribution in [0.5, 0.6) is 17.2 Å². The Morgan fingerprint density at radius 3 is 2.60 bits per heavy atom. The number of nitrogens with one attached hydrogen (secondary N) is 1. The highest BCUT2D eigenvalue weighted by Gasteiger charge is 2.36. The number of benzene rings is 2. The zero-order chi connectivity index (χ0) is 21.4. The Labute approximate surface area is 202 Å². The van der Waals surface area contributed by atoms with Crippen molar-refractivity contribution in [1.29, 1.82) is 0 Å². The van der Waals surface area contributed by atoms with Crippen molar-refractivity contribution in [2.45, 2.75) is 0 Å². The Balaban J connectivity index is 1.45. The fourth-order valence-electron chi connectivity index (χ4n) is 2.77. The van der Waals surface area contributed by atoms with E-state index in [1.807, 2.05) is 45.2 Å². The van der Waals surface area contributed by atoms with Crippen molar-refractivity contribution >= 4 is 85.8 Å². The average molecular weight is 650 g/mol. The summed E-state index contributed by atoms with van der Waals surface area (Å²) in [6.45, 7) is -0.282. The molecule has 0 atom stereocenters. The molecule has 2 heterocycles. The summed E-state index contributed by atoms with van der Waals surface area (Å²) in [6.07, 6.45) is 1.57. The van der Waals surface area contributed by atoms with E-state index in [0.29, 0.717) is 29.9 Å². The Morgan fingerprint density at radius 1 is 1.17 bits per heavy atom. The predicted molar refractivity (Wildman–Crippen MR) is 127 cm³/mol. The number of fused-ring (bicyclic) bond motifs is 1. The van der Waals surface area contributed by atoms with Crippen LogP contribution in [-0.4, -0.2) is 40.4 Å². The molecule has 2 aromatic rings. The number of halogens is 2. The van der Waals surface area contributed by atoms with E-state index in [-0.39, 0.29) is 17.4 Å². The lowest BCUT2D eigenvalue weighted by molar-refractivity contribution is -0.127. The van der Waals surface area contributed by atoms with Gasteiger partial charge in [0, 0.05) is 11.8 Å². The number of thioether (sulfide) groups is 1. The first-order valence-corrected chi connectivity index (χ1v) is 11.4. The zero-order valence-corrected chi connectivity index (χ0v) is 20.1. The summed E-state index contributed by atoms with van der Waals surface area (Å²) in [4.78, 5) is 38.4. The molecule has 0 saturated carbocycles. The van der Waals surface area contributed by atoms with Gasteiger partial charge in [0.15, 0.2) is 11.5 Å². The Morgan fingerprint density at radius 2 is 1.87 bits per heavy atom. The monoisotopic (exact) mass is 650 g/mol. The van der Waals surface area contributed by atoms with Gasteiger partial charge in [0.25, 0.3) is 11.1 Å². The number of aromatic hydroxyl groups is 1. The summed E-state index contributed by atoms with van der Waals surface area (Å²) in [5.74, 6) is 0.222. The molecule has 0 unspecified atom stereocenters. The van der Waals surface area contributed by atoms with Crippen LogP contribution in [0.3, 0.4) is 0 Å². The lowest BCUT2D eigenvalue weighted by Gasteiger charge is -2.12. The molecule has 3 amide bonds. The fraction of sp³-hybridized carbons (Fsp3) is 0.105. The first kappa shape index (κ1) is 21.2. The molecule has 0 aromatic heterocycles. The maximum atomic E-state index is 12.6. The lowest BCUT2D eigenvalue weighted by atomic mass is 10.2. The van der Waals surface area contributed by atoms with Gasteiger partial charge in [-0.25, -0.2) is 0 Å². The van der Waals surface area contributed by atoms with Crippen molar-refractivity contribution in [3.8, 4) is 17.2 Å². The number of imide groups is 1. The number of carbonyl (C=O) groups is 3. The van der Waals surface area contributed by atoms with Gasteiger partial charge in [-0.3, -0.25) is 19.3 Å². The number of hydrogen-bond donors (Lipinski definition) is 2. The molecule has 0 radical (unpaired) electrons. The summed E-state index contributed by atoms with van der Waals surface area (Å²) in [5, 5.41) is 12.0. The fourth-order valence-corrected chi connectivity index (χ4v) is 5.43. The van der Waals surface area contributed by atoms with E-state index in [1.54, 1.807) is 36.4 Å². The number of amides is 3. The average Bonchev–Trinajstić information content (AvgIpc) is 3.26. The second-order valence-electron chi connectivity index (χ2n) is 6.22. The number of carbonyl (C=O) groups excluding carboxylic acids is 3. The number of phenols is 1. The number of ether oxygens (including phenoxy) is 2. The van der Waals surface area contributed by atoms with Crippen LogP contribution in [0.1, 0.15) is 5.56 Å². The van der Waals surface area contributed by atoms with Gasteiger partial charge in [0.1, 0.15) is 12.3 Å². The lowest BCUT2D eigenvalue weighted by Crippen LogP contribution is -2.36. The van der Waals surface area contributed by atoms with Crippen molar-refractivity contribution in [1.82, 2.24) is 4.90 Å². The Kier molecular flexibility index (Phi) is 6.11. The summed E-state index contributed by atoms with van der Waals surface area (Å²) in [5.41, 5.74) is 1.15. The van der Waals surface area contributed by atoms with Crippen LogP contribution < -0.4 is 14.8 Å². The van der Waals surface area contributed by atoms with Crippen molar-refractivity contribution in [3.05, 3.63) is 47.9 Å². The largest absolute Gasteiger partial charge is 0.506 e. The van der Waals surface area contributed by atoms with Crippen LogP contribution in [0.4, 0.5) is 10.5 Å². The standard InChI is InChI=1S/C19H12I2N2O6S/c20-11-3-9(4-12(21)17(11)25)5-15-18(26)23(19(27)30-15)7-16(24)22-10-1-2-13-14(6-10)29-8-28-13/h1-6,25H,7-8H2,(H,22,24)/b15-5+. The van der Waals surface area contributed by atoms with Gasteiger partial charge in [-0.15, -0.1) is 0 Å². The molecule has 0 spiro atoms. The number of nitrogens with zero attached hydrogens (tertiary/aromatic N) is 1. The second kappa shape index (κ2) is 8.63. The van der Waals surface area contributed by atoms with Crippen LogP contribution >= 0.6 is 56.9 Å². The normalized spacial score (nSPS) is 16.5. The SMILES string of the molecule is O=C(CN1C(=O)S/C(=C/c2cc(I)c(O)c(I)c2)C1=O)Nc1ccc2c(c1)OCO2. The summed E-state index contributed by atoms with van der Waals surface area (Å²) in [6, 6.07) is 8.34. The van der Waals surface area contributed by atoms with Gasteiger partial charge in [-0.2, -0.15) is 0 Å². The number of phenolic OH excluding ortho intramolecular Hbond substituents is 1. The van der Waals surface area contributed by atoms with Crippen molar-refractivity contribution in [2.75, 3.05) is 18.7 Å². The van der Waals surface area contributed by atoms with Gasteiger partial charge in [-0.05, 0) is 92.8 Å². The van der Waals surface area contributed by atoms with Crippen molar-refractivity contribution in [2.24, 2.45) is 0 Å². The zero-order valence-electron chi connectivity index (χ0n) is 15.0. The summed E-state index contributed by atoms with van der Waals surface area (Å²) in [7, 11) is 0. The molecule has 30 heavy (non-hydrogen) atoms. The molecule has 0 bridgehead atoms. The highest BCUT2D eigenvalue weighted by atomic mass is 127. The highest BCUT2D eigenvalue weighted by Crippen LogP contribution is 2.35. The van der Waals surface area contributed by atoms with Crippen LogP contribution in [0.25, 0.3) is 6.08 Å². The molecule has 0 aliphatic carbocycles. The van der Waals surface area contributed by atoms with E-state index in [2.05, 4.69) is 5.32 Å². The number of anilines is 1. The van der Waals surface area contributed by atoms with Gasteiger partial charge in [-0.1, -0.05) is 0 Å². The van der Waals surface area contributed by atoms with E-state index < -0.39 is 23.6 Å². The molecule has 4 rings (SSSR count). The maximum absolute atomic E-state index is 12.6. The van der Waals surface area contributed by atoms with Gasteiger partial charge in [0.05, 0.1) is 12.0 Å². The second-order valence-corrected chi connectivity index (χ2v) is 9.53. The molecule has 2 aliphatic heterocycles. The van der Waals surface area contributed by atoms with Gasteiger partial charge < -0.3 is 19.9 Å². The molecule has 154 valence electrons. The molecular formula is C19H12I2N2O6S. The molecule has 11 heteroatoms. The topological polar surface area (TPSA) is 105 Å². The third kappa shape index (κ3) is 4.37. The predicted octanol–water partition coefficient (Wildman–Crippen LogP) is 4.01. The minimum Gasteiger partial charge on any atom is -0.506 e. The van der Waals surface area contributed by atoms with Crippen LogP contribution in [0.15, 0.2) is 35.2 Å². The molecule has 2 aromatic carbocycles. The van der Waals surface area contributed by atoms with Gasteiger partial charge in [0.2, 0.25) is 12.7 Å². The minimum absolute atomic E-state index is 0.120. The van der Waals surface area contributed by atoms with Gasteiger partial charge >= 0.3 is 0 Å². The Bertz CT molecular complexity index is 1100. The number of rotatable bonds is 4. The molecule has 2 aliphatic rings. The minimum atomic E-state index is -0.538. The third-order valence-corrected chi connectivity index (χ3v) is 6.72. The van der Waals surface area contributed by atoms with E-state index in [4.69, 9.17) is 9.47 Å². The first-order chi connectivity index (χ1) is 14.3. The van der Waals surface area contributed by atoms with E-state index in [0.717, 1.165) is 16.7 Å². The van der Waals surface area contributed by atoms with E-state index >= 15 is 0 Å². The summed E-state index contributed by atoms with van der Waals surface area (Å²) >= 11 is 4.75. The molecule has 1 fully saturated rings. The molecule has 2 N–H and O–H groups in total. The van der Waals surface area contributed by atoms with E-state index in [1.165, 1.54) is 0 Å². The first-order valence-electron chi connectivity index (χ1n) is 8.44. The van der Waals surface area contributed by atoms with Crippen molar-refractivity contribution < 1.29 is 29.0 Å². The number of hydrogen-bond acceptors (Lipinski definition) is 7. The Hall–Kier alpha value is -2.00. The maximum Gasteiger partial charge on any atom is 0.294 e. The molecule has 8 nitrogen and oxygen atoms in total. The van der Waals surface area contributed by atoms with Crippen LogP contribution in [0, 0.1) is 7.14 Å². The van der Waals surface area contributed by atoms with Crippen LogP contribution in [0.2, 0.25) is 0 Å².